The van der Waals surface area contributed by atoms with Crippen molar-refractivity contribution in [3.8, 4) is 0 Å². The molecule has 0 spiro atoms. The van der Waals surface area contributed by atoms with Gasteiger partial charge in [-0.3, -0.25) is 9.69 Å². The summed E-state index contributed by atoms with van der Waals surface area (Å²) in [6.07, 6.45) is 0.593. The number of carbonyl (C=O) groups excluding carboxylic acids is 1. The van der Waals surface area contributed by atoms with Crippen LogP contribution in [0.5, 0.6) is 0 Å². The molecule has 5 heteroatoms. The molecular formula is C17H22F3NO. The van der Waals surface area contributed by atoms with Crippen molar-refractivity contribution in [2.24, 2.45) is 5.92 Å². The van der Waals surface area contributed by atoms with Crippen molar-refractivity contribution in [1.82, 2.24) is 4.90 Å². The Kier molecular flexibility index (Phi) is 4.66. The van der Waals surface area contributed by atoms with Crippen molar-refractivity contribution in [2.75, 3.05) is 13.1 Å². The number of nitrogens with zero attached hydrogens (tertiary/aromatic N) is 1. The quantitative estimate of drug-likeness (QED) is 0.772. The van der Waals surface area contributed by atoms with Crippen molar-refractivity contribution in [1.29, 1.82) is 0 Å². The summed E-state index contributed by atoms with van der Waals surface area (Å²) in [7, 11) is 0. The highest BCUT2D eigenvalue weighted by Crippen LogP contribution is 2.37. The Morgan fingerprint density at radius 1 is 1.18 bits per heavy atom. The van der Waals surface area contributed by atoms with Gasteiger partial charge in [0, 0.05) is 23.9 Å². The van der Waals surface area contributed by atoms with Gasteiger partial charge in [-0.05, 0) is 52.3 Å². The van der Waals surface area contributed by atoms with Gasteiger partial charge in [0.15, 0.2) is 17.5 Å². The number of ketones is 1. The zero-order valence-electron chi connectivity index (χ0n) is 13.4. The zero-order chi connectivity index (χ0) is 16.7. The average Bonchev–Trinajstić information content (AvgIpc) is 2.43. The second kappa shape index (κ2) is 6.03. The maximum Gasteiger partial charge on any atom is 0.194 e. The fraction of sp³-hybridized carbons (Fsp3) is 0.588. The first-order chi connectivity index (χ1) is 10.1. The lowest BCUT2D eigenvalue weighted by atomic mass is 9.77. The highest BCUT2D eigenvalue weighted by Gasteiger charge is 2.38. The molecule has 0 unspecified atom stereocenters. The highest BCUT2D eigenvalue weighted by molar-refractivity contribution is 5.79. The summed E-state index contributed by atoms with van der Waals surface area (Å²) in [5.41, 5.74) is -0.0391. The summed E-state index contributed by atoms with van der Waals surface area (Å²) < 4.78 is 40.9. The second-order valence-electron chi connectivity index (χ2n) is 6.99. The maximum atomic E-state index is 14.2. The van der Waals surface area contributed by atoms with Crippen LogP contribution in [0.15, 0.2) is 12.1 Å². The molecule has 1 fully saturated rings. The molecule has 1 heterocycles. The molecule has 22 heavy (non-hydrogen) atoms. The normalized spacial score (nSPS) is 23.6. The van der Waals surface area contributed by atoms with Gasteiger partial charge in [-0.25, -0.2) is 13.2 Å². The number of benzene rings is 1. The van der Waals surface area contributed by atoms with Crippen LogP contribution in [0.3, 0.4) is 0 Å². The van der Waals surface area contributed by atoms with E-state index in [4.69, 9.17) is 0 Å². The van der Waals surface area contributed by atoms with E-state index < -0.39 is 23.4 Å². The summed E-state index contributed by atoms with van der Waals surface area (Å²) in [6.45, 7) is 8.78. The Balaban J connectivity index is 2.42. The number of carbonyl (C=O) groups is 1. The molecule has 1 aliphatic rings. The van der Waals surface area contributed by atoms with E-state index in [1.54, 1.807) is 0 Å². The van der Waals surface area contributed by atoms with Crippen LogP contribution in [0.1, 0.15) is 45.6 Å². The molecular weight excluding hydrogens is 291 g/mol. The Labute approximate surface area is 129 Å². The third kappa shape index (κ3) is 3.19. The fourth-order valence-corrected chi connectivity index (χ4v) is 3.19. The van der Waals surface area contributed by atoms with Crippen molar-refractivity contribution in [2.45, 2.75) is 45.6 Å². The molecule has 0 saturated carbocycles. The van der Waals surface area contributed by atoms with Gasteiger partial charge < -0.3 is 0 Å². The first-order valence-corrected chi connectivity index (χ1v) is 7.51. The number of hydrogen-bond acceptors (Lipinski definition) is 2. The molecule has 1 saturated heterocycles. The van der Waals surface area contributed by atoms with Crippen LogP contribution in [-0.2, 0) is 4.79 Å². The van der Waals surface area contributed by atoms with Gasteiger partial charge in [0.1, 0.15) is 5.78 Å². The van der Waals surface area contributed by atoms with Gasteiger partial charge in [0.25, 0.3) is 0 Å². The molecule has 0 aliphatic carbocycles. The van der Waals surface area contributed by atoms with Gasteiger partial charge in [0.2, 0.25) is 0 Å². The third-order valence-corrected chi connectivity index (χ3v) is 4.55. The monoisotopic (exact) mass is 313 g/mol. The molecule has 0 amide bonds. The smallest absolute Gasteiger partial charge is 0.194 e. The van der Waals surface area contributed by atoms with Gasteiger partial charge in [-0.1, -0.05) is 6.07 Å². The lowest BCUT2D eigenvalue weighted by molar-refractivity contribution is -0.123. The van der Waals surface area contributed by atoms with E-state index in [0.29, 0.717) is 13.0 Å². The van der Waals surface area contributed by atoms with E-state index in [2.05, 4.69) is 4.90 Å². The van der Waals surface area contributed by atoms with Gasteiger partial charge in [0.05, 0.1) is 0 Å². The minimum atomic E-state index is -1.47. The Morgan fingerprint density at radius 2 is 1.82 bits per heavy atom. The van der Waals surface area contributed by atoms with E-state index >= 15 is 0 Å². The molecule has 2 atom stereocenters. The minimum Gasteiger partial charge on any atom is -0.300 e. The predicted octanol–water partition coefficient (Wildman–Crippen LogP) is 3.90. The number of halogens is 3. The molecule has 1 aliphatic heterocycles. The highest BCUT2D eigenvalue weighted by atomic mass is 19.2. The minimum absolute atomic E-state index is 0.0392. The van der Waals surface area contributed by atoms with Crippen LogP contribution >= 0.6 is 0 Å². The van der Waals surface area contributed by atoms with Crippen molar-refractivity contribution in [3.05, 3.63) is 35.1 Å². The van der Waals surface area contributed by atoms with Crippen LogP contribution in [-0.4, -0.2) is 29.3 Å². The summed E-state index contributed by atoms with van der Waals surface area (Å²) in [5.74, 6) is -4.70. The van der Waals surface area contributed by atoms with Gasteiger partial charge in [-0.15, -0.1) is 0 Å². The van der Waals surface area contributed by atoms with Gasteiger partial charge >= 0.3 is 0 Å². The van der Waals surface area contributed by atoms with Crippen molar-refractivity contribution in [3.63, 3.8) is 0 Å². The van der Waals surface area contributed by atoms with Crippen LogP contribution in [0.2, 0.25) is 0 Å². The first kappa shape index (κ1) is 17.0. The number of Topliss-reactive ketones (excluding diaryl/α,β-unsaturated/α-hetero) is 1. The summed E-state index contributed by atoms with van der Waals surface area (Å²) >= 11 is 0. The SMILES string of the molecule is CC(=O)[C@@H]1CCN(C(C)(C)C)C[C@H]1c1ccc(F)c(F)c1F. The van der Waals surface area contributed by atoms with Crippen LogP contribution in [0.4, 0.5) is 13.2 Å². The van der Waals surface area contributed by atoms with E-state index in [1.165, 1.54) is 13.0 Å². The summed E-state index contributed by atoms with van der Waals surface area (Å²) in [5, 5.41) is 0. The molecule has 2 rings (SSSR count). The van der Waals surface area contributed by atoms with Crippen LogP contribution in [0.25, 0.3) is 0 Å². The summed E-state index contributed by atoms with van der Waals surface area (Å²) in [6, 6.07) is 2.20. The predicted molar refractivity (Wildman–Crippen MR) is 79.2 cm³/mol. The molecule has 0 radical (unpaired) electrons. The number of hydrogen-bond donors (Lipinski definition) is 0. The zero-order valence-corrected chi connectivity index (χ0v) is 13.4. The van der Waals surface area contributed by atoms with Crippen molar-refractivity contribution < 1.29 is 18.0 Å². The topological polar surface area (TPSA) is 20.3 Å². The molecule has 0 bridgehead atoms. The van der Waals surface area contributed by atoms with Crippen LogP contribution in [0, 0.1) is 23.4 Å². The molecule has 0 N–H and O–H groups in total. The number of rotatable bonds is 2. The molecule has 0 aromatic heterocycles. The number of piperidine rings is 1. The van der Waals surface area contributed by atoms with E-state index in [9.17, 15) is 18.0 Å². The number of likely N-dealkylation sites (tertiary alicyclic amines) is 1. The fourth-order valence-electron chi connectivity index (χ4n) is 3.19. The maximum absolute atomic E-state index is 14.2. The molecule has 1 aromatic carbocycles. The largest absolute Gasteiger partial charge is 0.300 e. The summed E-state index contributed by atoms with van der Waals surface area (Å²) in [4.78, 5) is 14.0. The Bertz CT molecular complexity index is 580. The Hall–Kier alpha value is -1.36. The standard InChI is InChI=1S/C17H22F3NO/c1-10(22)11-7-8-21(17(2,3)4)9-13(11)12-5-6-14(18)16(20)15(12)19/h5-6,11,13H,7-9H2,1-4H3/t11-,13+/m0/s1. The first-order valence-electron chi connectivity index (χ1n) is 7.51. The second-order valence-corrected chi connectivity index (χ2v) is 6.99. The van der Waals surface area contributed by atoms with E-state index in [1.807, 2.05) is 20.8 Å². The van der Waals surface area contributed by atoms with Gasteiger partial charge in [-0.2, -0.15) is 0 Å². The molecule has 2 nitrogen and oxygen atoms in total. The lowest BCUT2D eigenvalue weighted by Crippen LogP contribution is -2.50. The van der Waals surface area contributed by atoms with Crippen molar-refractivity contribution >= 4 is 5.78 Å². The Morgan fingerprint density at radius 3 is 2.36 bits per heavy atom. The third-order valence-electron chi connectivity index (χ3n) is 4.55. The lowest BCUT2D eigenvalue weighted by Gasteiger charge is -2.44. The van der Waals surface area contributed by atoms with E-state index in [-0.39, 0.29) is 22.8 Å². The molecule has 122 valence electrons. The molecule has 1 aromatic rings. The van der Waals surface area contributed by atoms with Crippen LogP contribution < -0.4 is 0 Å². The van der Waals surface area contributed by atoms with E-state index in [0.717, 1.165) is 12.6 Å². The average molecular weight is 313 g/mol.